The molecule has 0 aromatic heterocycles. The monoisotopic (exact) mass is 466 g/mol. The van der Waals surface area contributed by atoms with E-state index in [-0.39, 0.29) is 23.7 Å². The molecule has 0 amide bonds. The predicted octanol–water partition coefficient (Wildman–Crippen LogP) is 3.46. The van der Waals surface area contributed by atoms with E-state index in [2.05, 4.69) is 52.6 Å². The first-order chi connectivity index (χ1) is 6.84. The van der Waals surface area contributed by atoms with E-state index in [9.17, 15) is 9.90 Å². The second kappa shape index (κ2) is 8.54. The molecule has 0 saturated heterocycles. The molecule has 0 aliphatic heterocycles. The van der Waals surface area contributed by atoms with Crippen LogP contribution in [0.3, 0.4) is 0 Å². The summed E-state index contributed by atoms with van der Waals surface area (Å²) in [4.78, 5) is 14.2. The predicted molar refractivity (Wildman–Crippen MR) is 67.0 cm³/mol. The van der Waals surface area contributed by atoms with E-state index in [0.717, 1.165) is 0 Å². The third kappa shape index (κ3) is 6.26. The number of aliphatic hydroxyl groups excluding tert-OH is 1. The Bertz CT molecular complexity index is 319. The minimum absolute atomic E-state index is 0. The molecule has 0 aromatic carbocycles. The Morgan fingerprint density at radius 3 is 2.31 bits per heavy atom. The third-order valence-electron chi connectivity index (χ3n) is 1.24. The van der Waals surface area contributed by atoms with Crippen LogP contribution in [0.4, 0.5) is 0 Å². The fourth-order valence-corrected chi connectivity index (χ4v) is 1.16. The Hall–Kier alpha value is 0.459. The molecule has 4 nitrogen and oxygen atoms in total. The summed E-state index contributed by atoms with van der Waals surface area (Å²) in [6, 6.07) is 0. The van der Waals surface area contributed by atoms with Gasteiger partial charge in [-0.2, -0.15) is 0 Å². The van der Waals surface area contributed by atoms with E-state index in [1.807, 2.05) is 6.92 Å². The van der Waals surface area contributed by atoms with Crippen molar-refractivity contribution in [3.8, 4) is 0 Å². The van der Waals surface area contributed by atoms with E-state index in [4.69, 9.17) is 11.3 Å². The third-order valence-corrected chi connectivity index (χ3v) is 2.36. The SMILES string of the molecule is [C-]#[N+]/C(C(=O)OCCC)=C(/O)C(Br)(Br)Br.[Cu]. The number of rotatable bonds is 3. The van der Waals surface area contributed by atoms with Gasteiger partial charge >= 0.3 is 11.7 Å². The van der Waals surface area contributed by atoms with E-state index < -0.39 is 19.6 Å². The van der Waals surface area contributed by atoms with Crippen molar-refractivity contribution < 1.29 is 31.7 Å². The number of hydrogen-bond acceptors (Lipinski definition) is 3. The van der Waals surface area contributed by atoms with Crippen molar-refractivity contribution in [3.63, 3.8) is 0 Å². The van der Waals surface area contributed by atoms with Crippen molar-refractivity contribution in [3.05, 3.63) is 22.9 Å². The van der Waals surface area contributed by atoms with Crippen LogP contribution in [-0.4, -0.2) is 19.8 Å². The van der Waals surface area contributed by atoms with Crippen LogP contribution in [0.2, 0.25) is 0 Å². The molecule has 0 aromatic rings. The molecule has 8 heteroatoms. The molecule has 0 heterocycles. The van der Waals surface area contributed by atoms with Gasteiger partial charge in [-0.25, -0.2) is 4.85 Å². The maximum Gasteiger partial charge on any atom is 0.339 e. The summed E-state index contributed by atoms with van der Waals surface area (Å²) in [6.07, 6.45) is 0.653. The minimum atomic E-state index is -1.18. The number of hydrogen-bond donors (Lipinski definition) is 1. The summed E-state index contributed by atoms with van der Waals surface area (Å²) < 4.78 is 3.55. The molecule has 0 bridgehead atoms. The van der Waals surface area contributed by atoms with Crippen molar-refractivity contribution >= 4 is 53.8 Å². The first-order valence-corrected chi connectivity index (χ1v) is 6.27. The van der Waals surface area contributed by atoms with Crippen molar-refractivity contribution in [2.45, 2.75) is 15.5 Å². The quantitative estimate of drug-likeness (QED) is 0.172. The molecule has 0 fully saturated rings. The zero-order valence-electron chi connectivity index (χ0n) is 8.06. The number of allylic oxidation sites excluding steroid dienone is 1. The topological polar surface area (TPSA) is 50.9 Å². The smallest absolute Gasteiger partial charge is 0.339 e. The number of halogens is 3. The average Bonchev–Trinajstić information content (AvgIpc) is 2.14. The van der Waals surface area contributed by atoms with Gasteiger partial charge in [0, 0.05) is 17.1 Å². The summed E-state index contributed by atoms with van der Waals surface area (Å²) in [5.74, 6) is -1.31. The van der Waals surface area contributed by atoms with E-state index in [1.54, 1.807) is 0 Å². The maximum absolute atomic E-state index is 11.3. The van der Waals surface area contributed by atoms with Crippen LogP contribution < -0.4 is 0 Å². The Labute approximate surface area is 129 Å². The minimum Gasteiger partial charge on any atom is -0.520 e. The molecule has 0 aliphatic carbocycles. The standard InChI is InChI=1S/C8H8Br3NO3.Cu/c1-3-4-15-7(14)5(12-2)6(13)8(9,10)11;/h13H,3-4H2,1H3;/b6-5+;. The van der Waals surface area contributed by atoms with Gasteiger partial charge in [0.25, 0.3) is 0 Å². The normalized spacial score (nSPS) is 11.9. The zero-order valence-corrected chi connectivity index (χ0v) is 13.8. The molecule has 0 unspecified atom stereocenters. The Morgan fingerprint density at radius 1 is 1.50 bits per heavy atom. The van der Waals surface area contributed by atoms with Gasteiger partial charge in [0.05, 0.1) is 13.2 Å². The van der Waals surface area contributed by atoms with E-state index >= 15 is 0 Å². The first kappa shape index (κ1) is 18.8. The second-order valence-corrected chi connectivity index (χ2v) is 9.20. The van der Waals surface area contributed by atoms with Crippen molar-refractivity contribution in [1.82, 2.24) is 0 Å². The molecule has 1 N–H and O–H groups in total. The summed E-state index contributed by atoms with van der Waals surface area (Å²) >= 11 is 8.99. The van der Waals surface area contributed by atoms with Crippen LogP contribution in [0.15, 0.2) is 11.5 Å². The molecule has 0 rings (SSSR count). The second-order valence-electron chi connectivity index (χ2n) is 2.44. The Morgan fingerprint density at radius 2 is 2.00 bits per heavy atom. The van der Waals surface area contributed by atoms with Gasteiger partial charge in [-0.15, -0.1) is 0 Å². The van der Waals surface area contributed by atoms with Gasteiger partial charge in [-0.05, 0) is 6.42 Å². The van der Waals surface area contributed by atoms with Gasteiger partial charge in [0.1, 0.15) is 5.76 Å². The molecular weight excluding hydrogens is 461 g/mol. The number of ether oxygens (including phenoxy) is 1. The van der Waals surface area contributed by atoms with Gasteiger partial charge in [-0.3, -0.25) is 4.79 Å². The van der Waals surface area contributed by atoms with Gasteiger partial charge in [-0.1, -0.05) is 54.7 Å². The number of aliphatic hydroxyl groups is 1. The summed E-state index contributed by atoms with van der Waals surface area (Å²) in [7, 11) is 0. The van der Waals surface area contributed by atoms with E-state index in [0.29, 0.717) is 6.42 Å². The van der Waals surface area contributed by atoms with Crippen LogP contribution in [-0.2, 0) is 26.6 Å². The number of carbonyl (C=O) groups is 1. The van der Waals surface area contributed by atoms with Gasteiger partial charge in [0.2, 0.25) is 0 Å². The van der Waals surface area contributed by atoms with E-state index in [1.165, 1.54) is 0 Å². The van der Waals surface area contributed by atoms with Crippen LogP contribution >= 0.6 is 47.8 Å². The summed E-state index contributed by atoms with van der Waals surface area (Å²) in [5.41, 5.74) is -0.464. The van der Waals surface area contributed by atoms with Crippen molar-refractivity contribution in [2.24, 2.45) is 0 Å². The van der Waals surface area contributed by atoms with Crippen molar-refractivity contribution in [1.29, 1.82) is 0 Å². The number of esters is 1. The fraction of sp³-hybridized carbons (Fsp3) is 0.500. The zero-order chi connectivity index (χ0) is 12.1. The van der Waals surface area contributed by atoms with Crippen molar-refractivity contribution in [2.75, 3.05) is 6.61 Å². The van der Waals surface area contributed by atoms with Crippen LogP contribution in [0.5, 0.6) is 0 Å². The largest absolute Gasteiger partial charge is 0.520 e. The van der Waals surface area contributed by atoms with Gasteiger partial charge in [0.15, 0.2) is 2.14 Å². The van der Waals surface area contributed by atoms with Gasteiger partial charge < -0.3 is 9.84 Å². The molecule has 16 heavy (non-hydrogen) atoms. The molecule has 0 atom stereocenters. The number of alkyl halides is 3. The summed E-state index contributed by atoms with van der Waals surface area (Å²) in [6.45, 7) is 8.82. The summed E-state index contributed by atoms with van der Waals surface area (Å²) in [5, 5.41) is 9.54. The van der Waals surface area contributed by atoms with Crippen LogP contribution in [0.25, 0.3) is 4.85 Å². The first-order valence-electron chi connectivity index (χ1n) is 3.89. The fourth-order valence-electron chi connectivity index (χ4n) is 0.593. The molecule has 0 saturated carbocycles. The molecular formula is C8H8Br3CuNO3. The Balaban J connectivity index is 0. The Kier molecular flexibility index (Phi) is 10.0. The molecule has 0 aliphatic rings. The molecule has 0 spiro atoms. The van der Waals surface area contributed by atoms with Crippen LogP contribution in [0, 0.1) is 6.57 Å². The molecule has 1 radical (unpaired) electrons. The number of nitrogens with zero attached hydrogens (tertiary/aromatic N) is 1. The maximum atomic E-state index is 11.3. The van der Waals surface area contributed by atoms with Crippen LogP contribution in [0.1, 0.15) is 13.3 Å². The number of carbonyl (C=O) groups excluding carboxylic acids is 1. The average molecular weight is 469 g/mol. The molecule has 95 valence electrons.